The normalized spacial score (nSPS) is 12.3. The van der Waals surface area contributed by atoms with Crippen molar-refractivity contribution in [3.05, 3.63) is 65.0 Å². The van der Waals surface area contributed by atoms with Crippen LogP contribution in [-0.2, 0) is 26.2 Å². The van der Waals surface area contributed by atoms with Crippen molar-refractivity contribution in [2.24, 2.45) is 0 Å². The fraction of sp³-hybridized carbons (Fsp3) is 0.235. The number of hydrogen-bond donors (Lipinski definition) is 2. The fourth-order valence-corrected chi connectivity index (χ4v) is 3.45. The first-order chi connectivity index (χ1) is 13.1. The van der Waals surface area contributed by atoms with Crippen LogP contribution in [0.5, 0.6) is 0 Å². The van der Waals surface area contributed by atoms with Crippen LogP contribution >= 0.6 is 0 Å². The summed E-state index contributed by atoms with van der Waals surface area (Å²) in [6.45, 7) is 0.0604. The Balaban J connectivity index is 2.17. The summed E-state index contributed by atoms with van der Waals surface area (Å²) >= 11 is 0. The molecule has 0 fully saturated rings. The molecule has 0 spiro atoms. The molecule has 0 saturated carbocycles. The number of esters is 1. The second-order valence-electron chi connectivity index (χ2n) is 5.63. The molecule has 28 heavy (non-hydrogen) atoms. The molecular weight excluding hydrogens is 398 g/mol. The third-order valence-electron chi connectivity index (χ3n) is 3.59. The number of sulfonamides is 1. The first-order valence-electron chi connectivity index (χ1n) is 7.84. The van der Waals surface area contributed by atoms with Gasteiger partial charge in [-0.05, 0) is 18.2 Å². The van der Waals surface area contributed by atoms with Crippen LogP contribution in [0, 0.1) is 11.6 Å². The Morgan fingerprint density at radius 3 is 2.50 bits per heavy atom. The lowest BCUT2D eigenvalue weighted by atomic mass is 10.1. The molecule has 2 N–H and O–H groups in total. The number of nitrogens with one attached hydrogen (secondary N) is 1. The standard InChI is InChI=1S/C17H16F2N2O6S/c1-10(23)27-9-13-4-2-11(7-20-13)17(24)21-28(25,26)16(8-22)14-5-3-12(18)6-15(14)19/h2-7,16,22H,8-9H2,1H3,(H,21,24). The van der Waals surface area contributed by atoms with E-state index in [0.29, 0.717) is 11.8 Å². The average Bonchev–Trinajstić information content (AvgIpc) is 2.62. The number of aliphatic hydroxyl groups is 1. The van der Waals surface area contributed by atoms with Gasteiger partial charge in [-0.25, -0.2) is 21.9 Å². The first kappa shape index (κ1) is 21.4. The number of ether oxygens (including phenoxy) is 1. The van der Waals surface area contributed by atoms with Crippen molar-refractivity contribution >= 4 is 21.9 Å². The smallest absolute Gasteiger partial charge is 0.303 e. The van der Waals surface area contributed by atoms with Crippen molar-refractivity contribution in [3.63, 3.8) is 0 Å². The molecule has 1 heterocycles. The molecule has 0 aliphatic heterocycles. The van der Waals surface area contributed by atoms with E-state index in [1.54, 1.807) is 4.72 Å². The van der Waals surface area contributed by atoms with Crippen molar-refractivity contribution in [3.8, 4) is 0 Å². The number of halogens is 2. The molecule has 1 aromatic heterocycles. The highest BCUT2D eigenvalue weighted by Gasteiger charge is 2.31. The second kappa shape index (κ2) is 8.85. The van der Waals surface area contributed by atoms with Gasteiger partial charge in [0.25, 0.3) is 5.91 Å². The number of nitrogens with zero attached hydrogens (tertiary/aromatic N) is 1. The summed E-state index contributed by atoms with van der Waals surface area (Å²) in [6, 6.07) is 4.79. The van der Waals surface area contributed by atoms with Crippen LogP contribution in [-0.4, -0.2) is 37.0 Å². The van der Waals surface area contributed by atoms with Crippen LogP contribution in [0.1, 0.15) is 33.8 Å². The average molecular weight is 414 g/mol. The zero-order valence-corrected chi connectivity index (χ0v) is 15.4. The molecule has 150 valence electrons. The SMILES string of the molecule is CC(=O)OCc1ccc(C(=O)NS(=O)(=O)C(CO)c2ccc(F)cc2F)cn1. The Labute approximate surface area is 159 Å². The van der Waals surface area contributed by atoms with Gasteiger partial charge in [0.15, 0.2) is 0 Å². The van der Waals surface area contributed by atoms with Gasteiger partial charge in [-0.3, -0.25) is 14.6 Å². The van der Waals surface area contributed by atoms with Crippen molar-refractivity contribution in [1.29, 1.82) is 0 Å². The number of carbonyl (C=O) groups excluding carboxylic acids is 2. The maximum Gasteiger partial charge on any atom is 0.303 e. The molecule has 2 aromatic rings. The van der Waals surface area contributed by atoms with Gasteiger partial charge in [0.1, 0.15) is 23.5 Å². The van der Waals surface area contributed by atoms with Gasteiger partial charge in [0, 0.05) is 24.8 Å². The predicted molar refractivity (Wildman–Crippen MR) is 92.3 cm³/mol. The third-order valence-corrected chi connectivity index (χ3v) is 5.22. The quantitative estimate of drug-likeness (QED) is 0.653. The summed E-state index contributed by atoms with van der Waals surface area (Å²) in [4.78, 5) is 26.8. The number of hydrogen-bond acceptors (Lipinski definition) is 7. The Morgan fingerprint density at radius 2 is 1.96 bits per heavy atom. The summed E-state index contributed by atoms with van der Waals surface area (Å²) in [5.41, 5.74) is -0.290. The van der Waals surface area contributed by atoms with Crippen LogP contribution in [0.15, 0.2) is 36.5 Å². The summed E-state index contributed by atoms with van der Waals surface area (Å²) in [6.07, 6.45) is 1.07. The molecule has 2 rings (SSSR count). The minimum atomic E-state index is -4.55. The summed E-state index contributed by atoms with van der Waals surface area (Å²) in [7, 11) is -4.55. The van der Waals surface area contributed by atoms with Gasteiger partial charge >= 0.3 is 5.97 Å². The second-order valence-corrected chi connectivity index (χ2v) is 7.49. The molecular formula is C17H16F2N2O6S. The zero-order valence-electron chi connectivity index (χ0n) is 14.6. The minimum Gasteiger partial charge on any atom is -0.459 e. The molecule has 0 aliphatic rings. The van der Waals surface area contributed by atoms with E-state index in [-0.39, 0.29) is 12.2 Å². The highest BCUT2D eigenvalue weighted by atomic mass is 32.2. The van der Waals surface area contributed by atoms with Crippen molar-refractivity contribution in [1.82, 2.24) is 9.71 Å². The van der Waals surface area contributed by atoms with Gasteiger partial charge in [0.05, 0.1) is 17.9 Å². The number of carbonyl (C=O) groups is 2. The molecule has 0 saturated heterocycles. The number of benzene rings is 1. The number of aromatic nitrogens is 1. The van der Waals surface area contributed by atoms with E-state index in [1.807, 2.05) is 0 Å². The van der Waals surface area contributed by atoms with E-state index >= 15 is 0 Å². The maximum absolute atomic E-state index is 13.9. The summed E-state index contributed by atoms with van der Waals surface area (Å²) in [5, 5.41) is 7.56. The zero-order chi connectivity index (χ0) is 20.9. The van der Waals surface area contributed by atoms with Gasteiger partial charge in [-0.2, -0.15) is 0 Å². The maximum atomic E-state index is 13.9. The van der Waals surface area contributed by atoms with E-state index in [9.17, 15) is 31.9 Å². The minimum absolute atomic E-state index is 0.119. The molecule has 1 unspecified atom stereocenters. The largest absolute Gasteiger partial charge is 0.459 e. The van der Waals surface area contributed by atoms with Gasteiger partial charge in [0.2, 0.25) is 10.0 Å². The van der Waals surface area contributed by atoms with Gasteiger partial charge < -0.3 is 9.84 Å². The number of pyridine rings is 1. The Kier molecular flexibility index (Phi) is 6.75. The molecule has 0 radical (unpaired) electrons. The number of rotatable bonds is 7. The number of amides is 1. The van der Waals surface area contributed by atoms with E-state index < -0.39 is 51.0 Å². The lowest BCUT2D eigenvalue weighted by molar-refractivity contribution is -0.142. The molecule has 8 nitrogen and oxygen atoms in total. The van der Waals surface area contributed by atoms with Crippen LogP contribution < -0.4 is 4.72 Å². The van der Waals surface area contributed by atoms with Crippen LogP contribution in [0.4, 0.5) is 8.78 Å². The Morgan fingerprint density at radius 1 is 1.25 bits per heavy atom. The molecule has 1 amide bonds. The number of aliphatic hydroxyl groups excluding tert-OH is 1. The Hall–Kier alpha value is -2.92. The predicted octanol–water partition coefficient (Wildman–Crippen LogP) is 1.22. The van der Waals surface area contributed by atoms with Crippen molar-refractivity contribution in [2.75, 3.05) is 6.61 Å². The molecule has 11 heteroatoms. The van der Waals surface area contributed by atoms with E-state index in [2.05, 4.69) is 4.98 Å². The molecule has 0 bridgehead atoms. The lowest BCUT2D eigenvalue weighted by Crippen LogP contribution is -2.36. The van der Waals surface area contributed by atoms with Gasteiger partial charge in [-0.1, -0.05) is 6.07 Å². The van der Waals surface area contributed by atoms with Crippen molar-refractivity contribution < 1.29 is 36.6 Å². The van der Waals surface area contributed by atoms with E-state index in [1.165, 1.54) is 19.1 Å². The molecule has 1 atom stereocenters. The highest BCUT2D eigenvalue weighted by Crippen LogP contribution is 2.24. The topological polar surface area (TPSA) is 123 Å². The van der Waals surface area contributed by atoms with E-state index in [0.717, 1.165) is 18.3 Å². The van der Waals surface area contributed by atoms with Crippen LogP contribution in [0.2, 0.25) is 0 Å². The van der Waals surface area contributed by atoms with Crippen LogP contribution in [0.3, 0.4) is 0 Å². The lowest BCUT2D eigenvalue weighted by Gasteiger charge is -2.17. The molecule has 1 aromatic carbocycles. The highest BCUT2D eigenvalue weighted by molar-refractivity contribution is 7.90. The fourth-order valence-electron chi connectivity index (χ4n) is 2.21. The van der Waals surface area contributed by atoms with Crippen LogP contribution in [0.25, 0.3) is 0 Å². The molecule has 0 aliphatic carbocycles. The van der Waals surface area contributed by atoms with Crippen molar-refractivity contribution in [2.45, 2.75) is 18.8 Å². The van der Waals surface area contributed by atoms with E-state index in [4.69, 9.17) is 4.74 Å². The Bertz CT molecular complexity index is 980. The third kappa shape index (κ3) is 5.30. The summed E-state index contributed by atoms with van der Waals surface area (Å²) < 4.78 is 58.1. The van der Waals surface area contributed by atoms with Gasteiger partial charge in [-0.15, -0.1) is 0 Å². The summed E-state index contributed by atoms with van der Waals surface area (Å²) in [5.74, 6) is -3.67. The first-order valence-corrected chi connectivity index (χ1v) is 9.38. The monoisotopic (exact) mass is 414 g/mol.